The zero-order valence-electron chi connectivity index (χ0n) is 13.6. The number of nitrogens with one attached hydrogen (secondary N) is 1. The number of carbonyl (C=O) groups is 1. The summed E-state index contributed by atoms with van der Waals surface area (Å²) in [6.07, 6.45) is 4.01. The molecule has 0 saturated heterocycles. The summed E-state index contributed by atoms with van der Waals surface area (Å²) in [4.78, 5) is 23.2. The first-order valence-electron chi connectivity index (χ1n) is 7.67. The minimum Gasteiger partial charge on any atom is -0.493 e. The van der Waals surface area contributed by atoms with Crippen molar-refractivity contribution in [2.45, 2.75) is 38.6 Å². The molecule has 0 bridgehead atoms. The summed E-state index contributed by atoms with van der Waals surface area (Å²) in [6.45, 7) is 2.15. The van der Waals surface area contributed by atoms with Gasteiger partial charge in [-0.15, -0.1) is 0 Å². The Bertz CT molecular complexity index is 602. The standard InChI is InChI=1S/C16H22N2O5/c1-10-5-4-6-11(7-10)17-16(19)12-8-14(22-2)15(23-3)9-13(12)18(20)21/h8-11H,4-7H2,1-3H3,(H,17,19). The van der Waals surface area contributed by atoms with Crippen LogP contribution in [0.3, 0.4) is 0 Å². The second-order valence-electron chi connectivity index (χ2n) is 5.92. The van der Waals surface area contributed by atoms with Gasteiger partial charge in [-0.2, -0.15) is 0 Å². The van der Waals surface area contributed by atoms with Crippen LogP contribution >= 0.6 is 0 Å². The predicted molar refractivity (Wildman–Crippen MR) is 85.1 cm³/mol. The number of amides is 1. The van der Waals surface area contributed by atoms with Crippen LogP contribution in [-0.4, -0.2) is 31.1 Å². The van der Waals surface area contributed by atoms with E-state index < -0.39 is 10.8 Å². The van der Waals surface area contributed by atoms with E-state index in [1.807, 2.05) is 0 Å². The quantitative estimate of drug-likeness (QED) is 0.665. The second kappa shape index (κ2) is 7.30. The van der Waals surface area contributed by atoms with Crippen LogP contribution in [0.5, 0.6) is 11.5 Å². The van der Waals surface area contributed by atoms with Crippen molar-refractivity contribution in [1.29, 1.82) is 0 Å². The third-order valence-electron chi connectivity index (χ3n) is 4.21. The Morgan fingerprint density at radius 1 is 1.26 bits per heavy atom. The number of nitrogens with zero attached hydrogens (tertiary/aromatic N) is 1. The lowest BCUT2D eigenvalue weighted by molar-refractivity contribution is -0.385. The van der Waals surface area contributed by atoms with Crippen molar-refractivity contribution in [1.82, 2.24) is 5.32 Å². The highest BCUT2D eigenvalue weighted by Crippen LogP contribution is 2.34. The molecule has 1 aliphatic carbocycles. The van der Waals surface area contributed by atoms with Crippen molar-refractivity contribution in [3.63, 3.8) is 0 Å². The molecule has 0 radical (unpaired) electrons. The van der Waals surface area contributed by atoms with Crippen molar-refractivity contribution < 1.29 is 19.2 Å². The fourth-order valence-electron chi connectivity index (χ4n) is 3.03. The molecule has 1 amide bonds. The Labute approximate surface area is 135 Å². The number of nitro benzene ring substituents is 1. The first kappa shape index (κ1) is 17.1. The molecule has 2 unspecified atom stereocenters. The number of hydrogen-bond acceptors (Lipinski definition) is 5. The third-order valence-corrected chi connectivity index (χ3v) is 4.21. The Hall–Kier alpha value is -2.31. The van der Waals surface area contributed by atoms with Crippen molar-refractivity contribution >= 4 is 11.6 Å². The lowest BCUT2D eigenvalue weighted by Crippen LogP contribution is -2.38. The Kier molecular flexibility index (Phi) is 5.41. The molecule has 0 aliphatic heterocycles. The first-order valence-corrected chi connectivity index (χ1v) is 7.67. The van der Waals surface area contributed by atoms with Gasteiger partial charge < -0.3 is 14.8 Å². The molecule has 2 atom stereocenters. The molecule has 126 valence electrons. The molecule has 0 heterocycles. The van der Waals surface area contributed by atoms with Gasteiger partial charge in [-0.05, 0) is 18.8 Å². The van der Waals surface area contributed by atoms with E-state index in [1.54, 1.807) is 0 Å². The topological polar surface area (TPSA) is 90.7 Å². The zero-order valence-corrected chi connectivity index (χ0v) is 13.6. The number of carbonyl (C=O) groups excluding carboxylic acids is 1. The number of benzene rings is 1. The van der Waals surface area contributed by atoms with Crippen molar-refractivity contribution in [2.75, 3.05) is 14.2 Å². The van der Waals surface area contributed by atoms with E-state index in [0.29, 0.717) is 11.7 Å². The lowest BCUT2D eigenvalue weighted by atomic mass is 9.87. The molecule has 2 rings (SSSR count). The van der Waals surface area contributed by atoms with Crippen molar-refractivity contribution in [3.8, 4) is 11.5 Å². The van der Waals surface area contributed by atoms with Crippen LogP contribution in [0.15, 0.2) is 12.1 Å². The molecule has 1 fully saturated rings. The Balaban J connectivity index is 2.29. The van der Waals surface area contributed by atoms with E-state index in [4.69, 9.17) is 9.47 Å². The number of methoxy groups -OCH3 is 2. The van der Waals surface area contributed by atoms with Gasteiger partial charge in [0.05, 0.1) is 25.2 Å². The zero-order chi connectivity index (χ0) is 17.0. The normalized spacial score (nSPS) is 20.7. The second-order valence-corrected chi connectivity index (χ2v) is 5.92. The molecule has 1 aromatic rings. The van der Waals surface area contributed by atoms with E-state index in [-0.39, 0.29) is 23.0 Å². The van der Waals surface area contributed by atoms with E-state index in [2.05, 4.69) is 12.2 Å². The van der Waals surface area contributed by atoms with Crippen molar-refractivity contribution in [2.24, 2.45) is 5.92 Å². The van der Waals surface area contributed by atoms with Gasteiger partial charge in [0, 0.05) is 12.1 Å². The van der Waals surface area contributed by atoms with Crippen molar-refractivity contribution in [3.05, 3.63) is 27.8 Å². The number of nitro groups is 1. The van der Waals surface area contributed by atoms with Crippen LogP contribution in [-0.2, 0) is 0 Å². The van der Waals surface area contributed by atoms with Gasteiger partial charge in [-0.1, -0.05) is 19.8 Å². The highest BCUT2D eigenvalue weighted by Gasteiger charge is 2.27. The first-order chi connectivity index (χ1) is 11.0. The average molecular weight is 322 g/mol. The molecular weight excluding hydrogens is 300 g/mol. The number of rotatable bonds is 5. The maximum absolute atomic E-state index is 12.5. The summed E-state index contributed by atoms with van der Waals surface area (Å²) in [5, 5.41) is 14.2. The number of ether oxygens (including phenoxy) is 2. The Morgan fingerprint density at radius 2 is 1.91 bits per heavy atom. The molecule has 0 spiro atoms. The smallest absolute Gasteiger partial charge is 0.286 e. The molecule has 0 aromatic heterocycles. The van der Waals surface area contributed by atoms with Gasteiger partial charge in [0.15, 0.2) is 11.5 Å². The van der Waals surface area contributed by atoms with Crippen LogP contribution in [0.2, 0.25) is 0 Å². The van der Waals surface area contributed by atoms with Gasteiger partial charge in [-0.25, -0.2) is 0 Å². The van der Waals surface area contributed by atoms with Gasteiger partial charge in [0.25, 0.3) is 11.6 Å². The van der Waals surface area contributed by atoms with Crippen LogP contribution in [0.4, 0.5) is 5.69 Å². The third kappa shape index (κ3) is 3.91. The molecule has 1 aromatic carbocycles. The molecular formula is C16H22N2O5. The Morgan fingerprint density at radius 3 is 2.48 bits per heavy atom. The van der Waals surface area contributed by atoms with Crippen LogP contribution in [0.25, 0.3) is 0 Å². The summed E-state index contributed by atoms with van der Waals surface area (Å²) in [6, 6.07) is 2.63. The largest absolute Gasteiger partial charge is 0.493 e. The van der Waals surface area contributed by atoms with Gasteiger partial charge >= 0.3 is 0 Å². The molecule has 1 N–H and O–H groups in total. The predicted octanol–water partition coefficient (Wildman–Crippen LogP) is 2.92. The number of hydrogen-bond donors (Lipinski definition) is 1. The van der Waals surface area contributed by atoms with E-state index in [9.17, 15) is 14.9 Å². The molecule has 7 heteroatoms. The highest BCUT2D eigenvalue weighted by molar-refractivity contribution is 5.99. The average Bonchev–Trinajstić information content (AvgIpc) is 2.53. The van der Waals surface area contributed by atoms with E-state index in [0.717, 1.165) is 25.7 Å². The van der Waals surface area contributed by atoms with Gasteiger partial charge in [0.1, 0.15) is 5.56 Å². The van der Waals surface area contributed by atoms with Crippen LogP contribution in [0, 0.1) is 16.0 Å². The van der Waals surface area contributed by atoms with Gasteiger partial charge in [-0.3, -0.25) is 14.9 Å². The highest BCUT2D eigenvalue weighted by atomic mass is 16.6. The molecule has 7 nitrogen and oxygen atoms in total. The lowest BCUT2D eigenvalue weighted by Gasteiger charge is -2.27. The SMILES string of the molecule is COc1cc(C(=O)NC2CCCC(C)C2)c([N+](=O)[O-])cc1OC. The molecule has 23 heavy (non-hydrogen) atoms. The maximum atomic E-state index is 12.5. The summed E-state index contributed by atoms with van der Waals surface area (Å²) < 4.78 is 10.2. The fourth-order valence-corrected chi connectivity index (χ4v) is 3.03. The monoisotopic (exact) mass is 322 g/mol. The molecule has 1 aliphatic rings. The maximum Gasteiger partial charge on any atom is 0.286 e. The van der Waals surface area contributed by atoms with E-state index >= 15 is 0 Å². The van der Waals surface area contributed by atoms with Gasteiger partial charge in [0.2, 0.25) is 0 Å². The summed E-state index contributed by atoms with van der Waals surface area (Å²) in [7, 11) is 2.82. The minimum atomic E-state index is -0.583. The van der Waals surface area contributed by atoms with Crippen LogP contribution < -0.4 is 14.8 Å². The summed E-state index contributed by atoms with van der Waals surface area (Å²) in [5.41, 5.74) is -0.296. The summed E-state index contributed by atoms with van der Waals surface area (Å²) in [5.74, 6) is 0.619. The van der Waals surface area contributed by atoms with E-state index in [1.165, 1.54) is 26.4 Å². The molecule has 1 saturated carbocycles. The summed E-state index contributed by atoms with van der Waals surface area (Å²) >= 11 is 0. The fraction of sp³-hybridized carbons (Fsp3) is 0.562. The minimum absolute atomic E-state index is 0.00845. The van der Waals surface area contributed by atoms with Crippen LogP contribution in [0.1, 0.15) is 43.0 Å².